The van der Waals surface area contributed by atoms with Gasteiger partial charge < -0.3 is 15.0 Å². The van der Waals surface area contributed by atoms with Gasteiger partial charge in [0, 0.05) is 25.2 Å². The summed E-state index contributed by atoms with van der Waals surface area (Å²) in [6, 6.07) is 0.979. The highest BCUT2D eigenvalue weighted by Gasteiger charge is 2.31. The first-order valence-electron chi connectivity index (χ1n) is 9.09. The predicted molar refractivity (Wildman–Crippen MR) is 90.0 cm³/mol. The first-order valence-corrected chi connectivity index (χ1v) is 9.09. The number of carbonyl (C=O) groups is 1. The van der Waals surface area contributed by atoms with E-state index >= 15 is 0 Å². The lowest BCUT2D eigenvalue weighted by atomic mass is 9.92. The van der Waals surface area contributed by atoms with E-state index in [4.69, 9.17) is 4.74 Å². The second kappa shape index (κ2) is 7.67. The monoisotopic (exact) mass is 310 g/mol. The molecule has 4 nitrogen and oxygen atoms in total. The molecule has 1 N–H and O–H groups in total. The van der Waals surface area contributed by atoms with E-state index in [1.807, 2.05) is 25.7 Å². The van der Waals surface area contributed by atoms with Crippen LogP contribution < -0.4 is 5.32 Å². The highest BCUT2D eigenvalue weighted by Crippen LogP contribution is 2.26. The van der Waals surface area contributed by atoms with E-state index in [1.54, 1.807) is 0 Å². The Bertz CT molecular complexity index is 357. The molecule has 2 atom stereocenters. The van der Waals surface area contributed by atoms with Crippen LogP contribution in [0.15, 0.2) is 0 Å². The minimum Gasteiger partial charge on any atom is -0.444 e. The van der Waals surface area contributed by atoms with Crippen molar-refractivity contribution >= 4 is 6.09 Å². The van der Waals surface area contributed by atoms with Crippen molar-refractivity contribution in [3.8, 4) is 0 Å². The van der Waals surface area contributed by atoms with Crippen LogP contribution >= 0.6 is 0 Å². The number of rotatable bonds is 3. The lowest BCUT2D eigenvalue weighted by Gasteiger charge is -2.27. The molecule has 128 valence electrons. The van der Waals surface area contributed by atoms with Crippen LogP contribution in [0, 0.1) is 5.92 Å². The van der Waals surface area contributed by atoms with Crippen LogP contribution in [0.25, 0.3) is 0 Å². The second-order valence-electron chi connectivity index (χ2n) is 8.12. The van der Waals surface area contributed by atoms with Gasteiger partial charge in [0.25, 0.3) is 0 Å². The number of carbonyl (C=O) groups excluding carboxylic acids is 1. The average molecular weight is 310 g/mol. The summed E-state index contributed by atoms with van der Waals surface area (Å²) in [7, 11) is 0. The van der Waals surface area contributed by atoms with Crippen LogP contribution in [-0.2, 0) is 4.74 Å². The number of amides is 1. The molecule has 1 heterocycles. The molecular formula is C18H34N2O2. The first kappa shape index (κ1) is 17.6. The zero-order valence-corrected chi connectivity index (χ0v) is 14.9. The molecule has 2 rings (SSSR count). The number of hydrogen-bond donors (Lipinski definition) is 1. The normalized spacial score (nSPS) is 25.8. The summed E-state index contributed by atoms with van der Waals surface area (Å²) in [4.78, 5) is 14.0. The van der Waals surface area contributed by atoms with E-state index in [9.17, 15) is 4.79 Å². The Morgan fingerprint density at radius 1 is 1.14 bits per heavy atom. The van der Waals surface area contributed by atoms with Gasteiger partial charge >= 0.3 is 6.09 Å². The zero-order chi connectivity index (χ0) is 16.2. The van der Waals surface area contributed by atoms with Gasteiger partial charge in [-0.05, 0) is 52.9 Å². The van der Waals surface area contributed by atoms with Crippen molar-refractivity contribution in [2.24, 2.45) is 5.92 Å². The molecule has 1 unspecified atom stereocenters. The SMILES string of the molecule is C[C@@H](NC1CCN(C(=O)OC(C)(C)C)C1)C1CCCCCC1. The largest absolute Gasteiger partial charge is 0.444 e. The minimum atomic E-state index is -0.407. The summed E-state index contributed by atoms with van der Waals surface area (Å²) in [5.41, 5.74) is -0.407. The zero-order valence-electron chi connectivity index (χ0n) is 14.9. The molecule has 0 radical (unpaired) electrons. The Hall–Kier alpha value is -0.770. The molecule has 1 amide bonds. The van der Waals surface area contributed by atoms with Crippen molar-refractivity contribution in [2.75, 3.05) is 13.1 Å². The van der Waals surface area contributed by atoms with E-state index in [-0.39, 0.29) is 6.09 Å². The van der Waals surface area contributed by atoms with Gasteiger partial charge in [0.05, 0.1) is 0 Å². The Kier molecular flexibility index (Phi) is 6.13. The molecule has 0 aromatic rings. The molecule has 0 aromatic heterocycles. The fraction of sp³-hybridized carbons (Fsp3) is 0.944. The summed E-state index contributed by atoms with van der Waals surface area (Å²) in [6.45, 7) is 9.68. The van der Waals surface area contributed by atoms with Gasteiger partial charge in [-0.3, -0.25) is 0 Å². The van der Waals surface area contributed by atoms with Crippen LogP contribution in [-0.4, -0.2) is 41.8 Å². The van der Waals surface area contributed by atoms with Gasteiger partial charge in [-0.15, -0.1) is 0 Å². The Balaban J connectivity index is 1.76. The van der Waals surface area contributed by atoms with E-state index in [2.05, 4.69) is 12.2 Å². The van der Waals surface area contributed by atoms with Crippen molar-refractivity contribution in [3.05, 3.63) is 0 Å². The maximum atomic E-state index is 12.1. The second-order valence-corrected chi connectivity index (χ2v) is 8.12. The molecule has 1 saturated heterocycles. The van der Waals surface area contributed by atoms with E-state index < -0.39 is 5.60 Å². The average Bonchev–Trinajstić information content (AvgIpc) is 2.71. The predicted octanol–water partition coefficient (Wildman–Crippen LogP) is 3.94. The summed E-state index contributed by atoms with van der Waals surface area (Å²) >= 11 is 0. The summed E-state index contributed by atoms with van der Waals surface area (Å²) in [6.07, 6.45) is 9.15. The Morgan fingerprint density at radius 2 is 1.77 bits per heavy atom. The molecule has 0 bridgehead atoms. The maximum absolute atomic E-state index is 12.1. The highest BCUT2D eigenvalue weighted by molar-refractivity contribution is 5.68. The van der Waals surface area contributed by atoms with Crippen LogP contribution in [0.5, 0.6) is 0 Å². The van der Waals surface area contributed by atoms with Crippen LogP contribution in [0.4, 0.5) is 4.79 Å². The third-order valence-corrected chi connectivity index (χ3v) is 4.95. The van der Waals surface area contributed by atoms with Crippen molar-refractivity contribution in [2.45, 2.75) is 90.3 Å². The van der Waals surface area contributed by atoms with Gasteiger partial charge in [0.1, 0.15) is 5.60 Å². The fourth-order valence-electron chi connectivity index (χ4n) is 3.71. The molecule has 0 aromatic carbocycles. The fourth-order valence-corrected chi connectivity index (χ4v) is 3.71. The van der Waals surface area contributed by atoms with Gasteiger partial charge in [-0.2, -0.15) is 0 Å². The van der Waals surface area contributed by atoms with Crippen LogP contribution in [0.3, 0.4) is 0 Å². The summed E-state index contributed by atoms with van der Waals surface area (Å²) in [5.74, 6) is 0.804. The Labute approximate surface area is 136 Å². The lowest BCUT2D eigenvalue weighted by molar-refractivity contribution is 0.0290. The molecule has 1 saturated carbocycles. The first-order chi connectivity index (χ1) is 10.3. The molecular weight excluding hydrogens is 276 g/mol. The number of hydrogen-bond acceptors (Lipinski definition) is 3. The van der Waals surface area contributed by atoms with Gasteiger partial charge in [0.15, 0.2) is 0 Å². The Morgan fingerprint density at radius 3 is 2.36 bits per heavy atom. The van der Waals surface area contributed by atoms with Gasteiger partial charge in [-0.25, -0.2) is 4.79 Å². The minimum absolute atomic E-state index is 0.168. The smallest absolute Gasteiger partial charge is 0.410 e. The number of likely N-dealkylation sites (tertiary alicyclic amines) is 1. The van der Waals surface area contributed by atoms with Crippen molar-refractivity contribution in [1.82, 2.24) is 10.2 Å². The summed E-state index contributed by atoms with van der Waals surface area (Å²) in [5, 5.41) is 3.77. The molecule has 4 heteroatoms. The van der Waals surface area contributed by atoms with Crippen molar-refractivity contribution in [1.29, 1.82) is 0 Å². The standard InChI is InChI=1S/C18H34N2O2/c1-14(15-9-7-5-6-8-10-15)19-16-11-12-20(13-16)17(21)22-18(2,3)4/h14-16,19H,5-13H2,1-4H3/t14-,16?/m1/s1. The molecule has 1 aliphatic carbocycles. The van der Waals surface area contributed by atoms with Gasteiger partial charge in [0.2, 0.25) is 0 Å². The van der Waals surface area contributed by atoms with E-state index in [0.29, 0.717) is 12.1 Å². The van der Waals surface area contributed by atoms with Crippen LogP contribution in [0.2, 0.25) is 0 Å². The topological polar surface area (TPSA) is 41.6 Å². The maximum Gasteiger partial charge on any atom is 0.410 e. The van der Waals surface area contributed by atoms with Crippen molar-refractivity contribution < 1.29 is 9.53 Å². The van der Waals surface area contributed by atoms with E-state index in [0.717, 1.165) is 25.4 Å². The third-order valence-electron chi connectivity index (χ3n) is 4.95. The number of nitrogens with one attached hydrogen (secondary N) is 1. The number of nitrogens with zero attached hydrogens (tertiary/aromatic N) is 1. The molecule has 0 spiro atoms. The third kappa shape index (κ3) is 5.45. The molecule has 2 fully saturated rings. The van der Waals surface area contributed by atoms with E-state index in [1.165, 1.54) is 38.5 Å². The van der Waals surface area contributed by atoms with Crippen LogP contribution in [0.1, 0.15) is 72.6 Å². The molecule has 22 heavy (non-hydrogen) atoms. The highest BCUT2D eigenvalue weighted by atomic mass is 16.6. The lowest BCUT2D eigenvalue weighted by Crippen LogP contribution is -2.43. The van der Waals surface area contributed by atoms with Crippen molar-refractivity contribution in [3.63, 3.8) is 0 Å². The molecule has 2 aliphatic rings. The number of ether oxygens (including phenoxy) is 1. The quantitative estimate of drug-likeness (QED) is 0.803. The van der Waals surface area contributed by atoms with Gasteiger partial charge in [-0.1, -0.05) is 25.7 Å². The molecule has 1 aliphatic heterocycles. The summed E-state index contributed by atoms with van der Waals surface area (Å²) < 4.78 is 5.47.